The van der Waals surface area contributed by atoms with Crippen molar-refractivity contribution in [3.8, 4) is 0 Å². The Morgan fingerprint density at radius 3 is 2.55 bits per heavy atom. The van der Waals surface area contributed by atoms with Gasteiger partial charge in [0, 0.05) is 36.6 Å². The highest BCUT2D eigenvalue weighted by atomic mass is 16.2. The third-order valence-corrected chi connectivity index (χ3v) is 5.67. The van der Waals surface area contributed by atoms with Crippen molar-refractivity contribution < 1.29 is 9.59 Å². The molecule has 0 aliphatic rings. The quantitative estimate of drug-likeness (QED) is 0.427. The van der Waals surface area contributed by atoms with E-state index in [4.69, 9.17) is 5.73 Å². The van der Waals surface area contributed by atoms with E-state index in [1.54, 1.807) is 0 Å². The number of likely N-dealkylation sites (N-methyl/N-ethyl adjacent to an activating group) is 1. The van der Waals surface area contributed by atoms with Gasteiger partial charge in [0.1, 0.15) is 6.04 Å². The summed E-state index contributed by atoms with van der Waals surface area (Å²) in [7, 11) is 0. The molecule has 158 valence electrons. The van der Waals surface area contributed by atoms with E-state index in [2.05, 4.69) is 22.4 Å². The molecule has 0 unspecified atom stereocenters. The molecule has 0 saturated heterocycles. The maximum Gasteiger partial charge on any atom is 0.315 e. The van der Waals surface area contributed by atoms with E-state index in [-0.39, 0.29) is 5.91 Å². The molecule has 1 atom stereocenters. The first kappa shape index (κ1) is 20.5. The molecule has 0 aliphatic carbocycles. The van der Waals surface area contributed by atoms with Gasteiger partial charge in [0.05, 0.1) is 0 Å². The molecular weight excluding hydrogens is 388 g/mol. The molecule has 0 fully saturated rings. The van der Waals surface area contributed by atoms with Gasteiger partial charge in [0.2, 0.25) is 5.91 Å². The van der Waals surface area contributed by atoms with Crippen molar-refractivity contribution in [2.24, 2.45) is 5.73 Å². The number of nitrogens with one attached hydrogen (secondary N) is 2. The first-order valence-corrected chi connectivity index (χ1v) is 10.4. The van der Waals surface area contributed by atoms with Crippen LogP contribution in [0.4, 0.5) is 4.79 Å². The molecule has 1 heterocycles. The Kier molecular flexibility index (Phi) is 5.89. The zero-order valence-electron chi connectivity index (χ0n) is 17.5. The van der Waals surface area contributed by atoms with Gasteiger partial charge in [-0.1, -0.05) is 54.6 Å². The summed E-state index contributed by atoms with van der Waals surface area (Å²) in [5.74, 6) is -0.223. The normalized spacial score (nSPS) is 12.0. The SMILES string of the molecule is CCN(C(N)=O)[C@H](Cc1c[nH]c2ccccc12)C(=O)NCc1ccc2ccccc2c1. The van der Waals surface area contributed by atoms with Gasteiger partial charge < -0.3 is 20.9 Å². The third kappa shape index (κ3) is 4.38. The number of hydrogen-bond acceptors (Lipinski definition) is 2. The highest BCUT2D eigenvalue weighted by Gasteiger charge is 2.28. The molecule has 6 nitrogen and oxygen atoms in total. The summed E-state index contributed by atoms with van der Waals surface area (Å²) in [4.78, 5) is 29.9. The largest absolute Gasteiger partial charge is 0.361 e. The molecule has 0 saturated carbocycles. The van der Waals surface area contributed by atoms with Gasteiger partial charge >= 0.3 is 6.03 Å². The van der Waals surface area contributed by atoms with Gasteiger partial charge in [-0.05, 0) is 41.0 Å². The summed E-state index contributed by atoms with van der Waals surface area (Å²) in [6.07, 6.45) is 2.27. The summed E-state index contributed by atoms with van der Waals surface area (Å²) in [6, 6.07) is 20.8. The number of nitrogens with zero attached hydrogens (tertiary/aromatic N) is 1. The van der Waals surface area contributed by atoms with Crippen LogP contribution in [0.15, 0.2) is 72.9 Å². The number of H-pyrrole nitrogens is 1. The van der Waals surface area contributed by atoms with E-state index in [9.17, 15) is 9.59 Å². The Bertz CT molecular complexity index is 1230. The van der Waals surface area contributed by atoms with Crippen LogP contribution in [0.2, 0.25) is 0 Å². The molecule has 31 heavy (non-hydrogen) atoms. The van der Waals surface area contributed by atoms with Crippen LogP contribution < -0.4 is 11.1 Å². The van der Waals surface area contributed by atoms with Crippen molar-refractivity contribution >= 4 is 33.6 Å². The Morgan fingerprint density at radius 1 is 1.03 bits per heavy atom. The monoisotopic (exact) mass is 414 g/mol. The average Bonchev–Trinajstić information content (AvgIpc) is 3.20. The van der Waals surface area contributed by atoms with E-state index in [1.807, 2.05) is 67.7 Å². The van der Waals surface area contributed by atoms with Gasteiger partial charge in [-0.15, -0.1) is 0 Å². The van der Waals surface area contributed by atoms with Crippen LogP contribution in [0.1, 0.15) is 18.1 Å². The van der Waals surface area contributed by atoms with Crippen molar-refractivity contribution in [1.82, 2.24) is 15.2 Å². The number of carbonyl (C=O) groups is 2. The minimum absolute atomic E-state index is 0.223. The van der Waals surface area contributed by atoms with Gasteiger partial charge in [0.25, 0.3) is 0 Å². The Labute approximate surface area is 181 Å². The summed E-state index contributed by atoms with van der Waals surface area (Å²) in [6.45, 7) is 2.56. The van der Waals surface area contributed by atoms with Crippen molar-refractivity contribution in [1.29, 1.82) is 0 Å². The first-order chi connectivity index (χ1) is 15.1. The van der Waals surface area contributed by atoms with Gasteiger partial charge in [0.15, 0.2) is 0 Å². The van der Waals surface area contributed by atoms with Crippen LogP contribution in [-0.4, -0.2) is 34.4 Å². The smallest absolute Gasteiger partial charge is 0.315 e. The summed E-state index contributed by atoms with van der Waals surface area (Å²) in [5, 5.41) is 6.31. The maximum atomic E-state index is 13.2. The summed E-state index contributed by atoms with van der Waals surface area (Å²) < 4.78 is 0. The highest BCUT2D eigenvalue weighted by molar-refractivity contribution is 5.89. The van der Waals surface area contributed by atoms with Crippen LogP contribution in [0, 0.1) is 0 Å². The minimum atomic E-state index is -0.692. The number of nitrogens with two attached hydrogens (primary N) is 1. The molecule has 4 N–H and O–H groups in total. The van der Waals surface area contributed by atoms with E-state index >= 15 is 0 Å². The molecule has 3 amide bonds. The molecule has 0 bridgehead atoms. The highest BCUT2D eigenvalue weighted by Crippen LogP contribution is 2.21. The molecule has 3 aromatic carbocycles. The fourth-order valence-corrected chi connectivity index (χ4v) is 4.04. The van der Waals surface area contributed by atoms with Crippen LogP contribution in [0.3, 0.4) is 0 Å². The first-order valence-electron chi connectivity index (χ1n) is 10.4. The Hall–Kier alpha value is -3.80. The van der Waals surface area contributed by atoms with Crippen molar-refractivity contribution in [2.75, 3.05) is 6.54 Å². The lowest BCUT2D eigenvalue weighted by molar-refractivity contribution is -0.125. The number of hydrogen-bond donors (Lipinski definition) is 3. The number of urea groups is 1. The standard InChI is InChI=1S/C25H26N4O2/c1-2-29(25(26)31)23(14-20-16-27-22-10-6-5-9-21(20)22)24(30)28-15-17-11-12-18-7-3-4-8-19(18)13-17/h3-13,16,23,27H,2,14-15H2,1H3,(H2,26,31)(H,28,30)/t23-/m1/s1. The molecule has 4 rings (SSSR count). The molecular formula is C25H26N4O2. The summed E-state index contributed by atoms with van der Waals surface area (Å²) >= 11 is 0. The fraction of sp³-hybridized carbons (Fsp3) is 0.200. The lowest BCUT2D eigenvalue weighted by Crippen LogP contribution is -2.52. The zero-order valence-corrected chi connectivity index (χ0v) is 17.5. The minimum Gasteiger partial charge on any atom is -0.361 e. The maximum absolute atomic E-state index is 13.2. The van der Waals surface area contributed by atoms with Gasteiger partial charge in [-0.25, -0.2) is 4.79 Å². The second kappa shape index (κ2) is 8.92. The Morgan fingerprint density at radius 2 is 1.77 bits per heavy atom. The van der Waals surface area contributed by atoms with Crippen LogP contribution >= 0.6 is 0 Å². The number of primary amides is 1. The van der Waals surface area contributed by atoms with Gasteiger partial charge in [-0.3, -0.25) is 4.79 Å². The number of para-hydroxylation sites is 1. The molecule has 0 aliphatic heterocycles. The lowest BCUT2D eigenvalue weighted by Gasteiger charge is -2.28. The second-order valence-corrected chi connectivity index (χ2v) is 7.60. The number of rotatable bonds is 7. The van der Waals surface area contributed by atoms with Gasteiger partial charge in [-0.2, -0.15) is 0 Å². The topological polar surface area (TPSA) is 91.2 Å². The number of amides is 3. The molecule has 4 aromatic rings. The zero-order chi connectivity index (χ0) is 21.8. The van der Waals surface area contributed by atoms with Crippen LogP contribution in [0.25, 0.3) is 21.7 Å². The van der Waals surface area contributed by atoms with E-state index < -0.39 is 12.1 Å². The van der Waals surface area contributed by atoms with Crippen molar-refractivity contribution in [3.05, 3.63) is 84.1 Å². The Balaban J connectivity index is 1.55. The molecule has 1 aromatic heterocycles. The predicted molar refractivity (Wildman–Crippen MR) is 124 cm³/mol. The van der Waals surface area contributed by atoms with E-state index in [1.165, 1.54) is 4.90 Å². The molecule has 6 heteroatoms. The summed E-state index contributed by atoms with van der Waals surface area (Å²) in [5.41, 5.74) is 8.56. The third-order valence-electron chi connectivity index (χ3n) is 5.67. The predicted octanol–water partition coefficient (Wildman–Crippen LogP) is 3.95. The fourth-order valence-electron chi connectivity index (χ4n) is 4.04. The molecule has 0 spiro atoms. The van der Waals surface area contributed by atoms with Crippen molar-refractivity contribution in [3.63, 3.8) is 0 Å². The average molecular weight is 415 g/mol. The van der Waals surface area contributed by atoms with E-state index in [0.29, 0.717) is 19.5 Å². The number of carbonyl (C=O) groups excluding carboxylic acids is 2. The molecule has 0 radical (unpaired) electrons. The number of aromatic amines is 1. The van der Waals surface area contributed by atoms with Crippen LogP contribution in [0.5, 0.6) is 0 Å². The van der Waals surface area contributed by atoms with E-state index in [0.717, 1.165) is 32.8 Å². The number of fused-ring (bicyclic) bond motifs is 2. The number of aromatic nitrogens is 1. The second-order valence-electron chi connectivity index (χ2n) is 7.60. The number of benzene rings is 3. The van der Waals surface area contributed by atoms with Crippen LogP contribution in [-0.2, 0) is 17.8 Å². The van der Waals surface area contributed by atoms with Crippen molar-refractivity contribution in [2.45, 2.75) is 25.9 Å². The lowest BCUT2D eigenvalue weighted by atomic mass is 10.0.